The fourth-order valence-corrected chi connectivity index (χ4v) is 0.309. The number of hydrogen-bond donors (Lipinski definition) is 0. The van der Waals surface area contributed by atoms with Gasteiger partial charge >= 0.3 is 0 Å². The smallest absolute Gasteiger partial charge is 0.287 e. The van der Waals surface area contributed by atoms with E-state index in [1.165, 1.54) is 7.11 Å². The fraction of sp³-hybridized carbons (Fsp3) is 0.800. The molecule has 0 spiro atoms. The Morgan fingerprint density at radius 1 is 1.78 bits per heavy atom. The first kappa shape index (κ1) is 12.2. The van der Waals surface area contributed by atoms with Crippen molar-refractivity contribution < 1.29 is 42.2 Å². The predicted octanol–water partition coefficient (Wildman–Crippen LogP) is 0.988. The summed E-state index contributed by atoms with van der Waals surface area (Å²) in [4.78, 5) is 10.3. The number of rotatable bonds is 2. The van der Waals surface area contributed by atoms with Gasteiger partial charge in [0.25, 0.3) is 5.97 Å². The molecule has 0 aliphatic heterocycles. The Morgan fingerprint density at radius 2 is 2.22 bits per heavy atom. The molecular weight excluding hydrogens is 195 g/mol. The van der Waals surface area contributed by atoms with Gasteiger partial charge in [-0.05, 0) is 6.04 Å². The number of ether oxygens (including phenoxy) is 1. The van der Waals surface area contributed by atoms with E-state index < -0.39 is 12.0 Å². The summed E-state index contributed by atoms with van der Waals surface area (Å²) >= 11 is 0. The molecule has 0 saturated carbocycles. The van der Waals surface area contributed by atoms with Crippen molar-refractivity contribution >= 4 is 5.97 Å². The minimum atomic E-state index is -0.694. The predicted molar refractivity (Wildman–Crippen MR) is 30.4 cm³/mol. The van der Waals surface area contributed by atoms with Crippen LogP contribution in [0.5, 0.6) is 0 Å². The first-order valence-electron chi connectivity index (χ1n) is 2.51. The van der Waals surface area contributed by atoms with Crippen molar-refractivity contribution in [2.24, 2.45) is 0 Å². The van der Waals surface area contributed by atoms with E-state index in [9.17, 15) is 4.79 Å². The van der Waals surface area contributed by atoms with Crippen LogP contribution in [0.2, 0.25) is 0 Å². The number of carbonyl (C=O) groups is 1. The Bertz CT molecular complexity index is 87.0. The van der Waals surface area contributed by atoms with Crippen LogP contribution in [-0.4, -0.2) is 19.1 Å². The third-order valence-corrected chi connectivity index (χ3v) is 0.894. The fourth-order valence-electron chi connectivity index (χ4n) is 0.309. The van der Waals surface area contributed by atoms with Crippen molar-refractivity contribution in [1.82, 2.24) is 0 Å². The standard InChI is InChI=1S/C5H10NO2.Y/c1-3-4(6)5(7)8-2;/h4,6H,3H2,1-2H3;/q-1;. The van der Waals surface area contributed by atoms with Crippen LogP contribution in [0, 0.1) is 0 Å². The Hall–Kier alpha value is 0.534. The summed E-state index contributed by atoms with van der Waals surface area (Å²) in [5.74, 6) is -0.451. The van der Waals surface area contributed by atoms with Crippen LogP contribution in [0.15, 0.2) is 0 Å². The summed E-state index contributed by atoms with van der Waals surface area (Å²) in [5, 5.41) is 0. The zero-order chi connectivity index (χ0) is 6.57. The maximum absolute atomic E-state index is 10.3. The van der Waals surface area contributed by atoms with Crippen molar-refractivity contribution in [3.63, 3.8) is 0 Å². The molecular formula is C5H10NO2Y-. The average molecular weight is 205 g/mol. The van der Waals surface area contributed by atoms with E-state index in [4.69, 9.17) is 5.73 Å². The van der Waals surface area contributed by atoms with Crippen molar-refractivity contribution in [3.8, 4) is 0 Å². The average Bonchev–Trinajstić information content (AvgIpc) is 1.84. The second kappa shape index (κ2) is 6.65. The molecule has 9 heavy (non-hydrogen) atoms. The van der Waals surface area contributed by atoms with Crippen molar-refractivity contribution in [2.45, 2.75) is 19.4 Å². The number of esters is 1. The molecule has 0 aromatic carbocycles. The summed E-state index contributed by atoms with van der Waals surface area (Å²) in [6.45, 7) is 1.77. The Kier molecular flexibility index (Phi) is 9.04. The van der Waals surface area contributed by atoms with Gasteiger partial charge in [0.1, 0.15) is 0 Å². The van der Waals surface area contributed by atoms with E-state index in [1.54, 1.807) is 6.92 Å². The largest absolute Gasteiger partial charge is 0.665 e. The minimum Gasteiger partial charge on any atom is -0.665 e. The van der Waals surface area contributed by atoms with Gasteiger partial charge < -0.3 is 10.5 Å². The van der Waals surface area contributed by atoms with E-state index in [1.807, 2.05) is 0 Å². The third kappa shape index (κ3) is 5.00. The van der Waals surface area contributed by atoms with Crippen LogP contribution in [0.25, 0.3) is 5.73 Å². The molecule has 0 aromatic rings. The van der Waals surface area contributed by atoms with Gasteiger partial charge in [0.15, 0.2) is 0 Å². The topological polar surface area (TPSA) is 50.1 Å². The van der Waals surface area contributed by atoms with Crippen molar-refractivity contribution in [2.75, 3.05) is 7.11 Å². The maximum atomic E-state index is 10.3. The Balaban J connectivity index is 0. The summed E-state index contributed by atoms with van der Waals surface area (Å²) in [6, 6.07) is -0.694. The van der Waals surface area contributed by atoms with Crippen molar-refractivity contribution in [1.29, 1.82) is 0 Å². The molecule has 0 aliphatic carbocycles. The first-order valence-corrected chi connectivity index (χ1v) is 2.51. The summed E-state index contributed by atoms with van der Waals surface area (Å²) < 4.78 is 4.28. The molecule has 4 heteroatoms. The number of nitrogens with one attached hydrogen (secondary N) is 1. The normalized spacial score (nSPS) is 11.4. The molecule has 3 nitrogen and oxygen atoms in total. The number of methoxy groups -OCH3 is 1. The van der Waals surface area contributed by atoms with Gasteiger partial charge in [-0.1, -0.05) is 13.3 Å². The van der Waals surface area contributed by atoms with Gasteiger partial charge in [-0.25, -0.2) is 0 Å². The third-order valence-electron chi connectivity index (χ3n) is 0.894. The maximum Gasteiger partial charge on any atom is 0.287 e. The molecule has 1 N–H and O–H groups in total. The Labute approximate surface area is 80.2 Å². The second-order valence-electron chi connectivity index (χ2n) is 1.48. The molecule has 0 heterocycles. The van der Waals surface area contributed by atoms with Crippen LogP contribution in [-0.2, 0) is 42.2 Å². The van der Waals surface area contributed by atoms with E-state index in [-0.39, 0.29) is 32.7 Å². The minimum absolute atomic E-state index is 0. The van der Waals surface area contributed by atoms with Crippen LogP contribution >= 0.6 is 0 Å². The second-order valence-corrected chi connectivity index (χ2v) is 1.48. The molecule has 0 bridgehead atoms. The molecule has 1 unspecified atom stereocenters. The van der Waals surface area contributed by atoms with E-state index in [0.717, 1.165) is 0 Å². The molecule has 0 aromatic heterocycles. The van der Waals surface area contributed by atoms with Crippen LogP contribution < -0.4 is 0 Å². The van der Waals surface area contributed by atoms with Crippen molar-refractivity contribution in [3.05, 3.63) is 5.73 Å². The molecule has 0 saturated heterocycles. The summed E-state index contributed by atoms with van der Waals surface area (Å²) in [6.07, 6.45) is 0.521. The molecule has 1 radical (unpaired) electrons. The SMILES string of the molecule is CCC([NH-])C(=O)OC.[Y]. The van der Waals surface area contributed by atoms with E-state index in [2.05, 4.69) is 4.74 Å². The first-order chi connectivity index (χ1) is 3.72. The zero-order valence-electron chi connectivity index (χ0n) is 5.68. The molecule has 0 aliphatic rings. The molecule has 1 atom stereocenters. The van der Waals surface area contributed by atoms with Gasteiger partial charge in [-0.15, -0.1) is 0 Å². The van der Waals surface area contributed by atoms with Crippen LogP contribution in [0.4, 0.5) is 0 Å². The molecule has 0 fully saturated rings. The number of hydrogen-bond acceptors (Lipinski definition) is 2. The van der Waals surface area contributed by atoms with E-state index in [0.29, 0.717) is 6.42 Å². The molecule has 51 valence electrons. The molecule has 0 amide bonds. The summed E-state index contributed by atoms with van der Waals surface area (Å²) in [5.41, 5.74) is 6.95. The molecule has 0 rings (SSSR count). The number of carbonyl (C=O) groups excluding carboxylic acids is 1. The van der Waals surface area contributed by atoms with E-state index >= 15 is 0 Å². The Morgan fingerprint density at radius 3 is 2.33 bits per heavy atom. The van der Waals surface area contributed by atoms with Gasteiger partial charge in [-0.3, -0.25) is 4.79 Å². The van der Waals surface area contributed by atoms with Crippen LogP contribution in [0.3, 0.4) is 0 Å². The van der Waals surface area contributed by atoms with Crippen LogP contribution in [0.1, 0.15) is 13.3 Å². The monoisotopic (exact) mass is 205 g/mol. The van der Waals surface area contributed by atoms with Gasteiger partial charge in [0.05, 0.1) is 7.11 Å². The van der Waals surface area contributed by atoms with Gasteiger partial charge in [0, 0.05) is 32.7 Å². The van der Waals surface area contributed by atoms with Gasteiger partial charge in [0.2, 0.25) is 0 Å². The van der Waals surface area contributed by atoms with Gasteiger partial charge in [-0.2, -0.15) is 0 Å². The quantitative estimate of drug-likeness (QED) is 0.631. The zero-order valence-corrected chi connectivity index (χ0v) is 8.52. The summed E-state index contributed by atoms with van der Waals surface area (Å²) in [7, 11) is 1.29.